The number of likely N-dealkylation sites (tertiary alicyclic amines) is 1. The number of aryl methyl sites for hydroxylation is 1. The topological polar surface area (TPSA) is 86.7 Å². The Morgan fingerprint density at radius 3 is 2.57 bits per heavy atom. The normalized spacial score (nSPS) is 17.6. The van der Waals surface area contributed by atoms with E-state index >= 15 is 0 Å². The van der Waals surface area contributed by atoms with Crippen molar-refractivity contribution in [3.63, 3.8) is 0 Å². The van der Waals surface area contributed by atoms with Crippen molar-refractivity contribution in [2.24, 2.45) is 0 Å². The van der Waals surface area contributed by atoms with Crippen molar-refractivity contribution in [2.45, 2.75) is 25.8 Å². The van der Waals surface area contributed by atoms with E-state index in [1.807, 2.05) is 19.1 Å². The van der Waals surface area contributed by atoms with E-state index in [0.29, 0.717) is 24.9 Å². The molecule has 1 aliphatic rings. The molecule has 1 saturated heterocycles. The fourth-order valence-electron chi connectivity index (χ4n) is 2.39. The zero-order chi connectivity index (χ0) is 15.4. The highest BCUT2D eigenvalue weighted by atomic mass is 16.4. The maximum Gasteiger partial charge on any atom is 0.326 e. The third-order valence-corrected chi connectivity index (χ3v) is 3.57. The summed E-state index contributed by atoms with van der Waals surface area (Å²) in [6.45, 7) is 2.16. The van der Waals surface area contributed by atoms with Crippen LogP contribution in [0.3, 0.4) is 0 Å². The van der Waals surface area contributed by atoms with Crippen LogP contribution in [0.25, 0.3) is 0 Å². The van der Waals surface area contributed by atoms with Gasteiger partial charge in [0.1, 0.15) is 6.04 Å². The fraction of sp³-hybridized carbons (Fsp3) is 0.400. The third-order valence-electron chi connectivity index (χ3n) is 3.57. The molecule has 1 aromatic rings. The van der Waals surface area contributed by atoms with Crippen LogP contribution in [0.1, 0.15) is 28.8 Å². The summed E-state index contributed by atoms with van der Waals surface area (Å²) >= 11 is 0. The number of aliphatic carboxylic acids is 1. The molecule has 1 atom stereocenters. The third kappa shape index (κ3) is 3.59. The van der Waals surface area contributed by atoms with E-state index in [9.17, 15) is 14.4 Å². The molecule has 2 amide bonds. The van der Waals surface area contributed by atoms with Gasteiger partial charge in [0.2, 0.25) is 5.91 Å². The zero-order valence-electron chi connectivity index (χ0n) is 11.8. The molecular formula is C15H18N2O4. The van der Waals surface area contributed by atoms with Crippen LogP contribution in [0, 0.1) is 6.92 Å². The van der Waals surface area contributed by atoms with E-state index in [1.165, 1.54) is 4.90 Å². The van der Waals surface area contributed by atoms with E-state index in [-0.39, 0.29) is 18.4 Å². The lowest BCUT2D eigenvalue weighted by Gasteiger charge is -2.21. The van der Waals surface area contributed by atoms with Gasteiger partial charge in [-0.3, -0.25) is 9.59 Å². The van der Waals surface area contributed by atoms with E-state index in [4.69, 9.17) is 5.11 Å². The number of carboxylic acids is 1. The summed E-state index contributed by atoms with van der Waals surface area (Å²) in [5.41, 5.74) is 1.52. The van der Waals surface area contributed by atoms with Gasteiger partial charge in [-0.2, -0.15) is 0 Å². The minimum Gasteiger partial charge on any atom is -0.480 e. The Morgan fingerprint density at radius 2 is 1.95 bits per heavy atom. The SMILES string of the molecule is Cc1ccc(C(=O)NCC(=O)N2CCCC2C(=O)O)cc1. The minimum atomic E-state index is -0.995. The lowest BCUT2D eigenvalue weighted by atomic mass is 10.1. The van der Waals surface area contributed by atoms with Gasteiger partial charge in [0.25, 0.3) is 5.91 Å². The molecule has 1 unspecified atom stereocenters. The molecule has 21 heavy (non-hydrogen) atoms. The van der Waals surface area contributed by atoms with Crippen LogP contribution in [0.15, 0.2) is 24.3 Å². The van der Waals surface area contributed by atoms with Gasteiger partial charge in [0.05, 0.1) is 6.54 Å². The van der Waals surface area contributed by atoms with Crippen molar-refractivity contribution in [1.82, 2.24) is 10.2 Å². The van der Waals surface area contributed by atoms with Crippen LogP contribution < -0.4 is 5.32 Å². The molecule has 0 spiro atoms. The van der Waals surface area contributed by atoms with E-state index in [1.54, 1.807) is 12.1 Å². The van der Waals surface area contributed by atoms with Crippen molar-refractivity contribution in [1.29, 1.82) is 0 Å². The standard InChI is InChI=1S/C15H18N2O4/c1-10-4-6-11(7-5-10)14(19)16-9-13(18)17-8-2-3-12(17)15(20)21/h4-7,12H,2-3,8-9H2,1H3,(H,16,19)(H,20,21). The number of hydrogen-bond acceptors (Lipinski definition) is 3. The number of nitrogens with zero attached hydrogens (tertiary/aromatic N) is 1. The maximum atomic E-state index is 12.0. The summed E-state index contributed by atoms with van der Waals surface area (Å²) in [5, 5.41) is 11.6. The van der Waals surface area contributed by atoms with Crippen molar-refractivity contribution in [3.05, 3.63) is 35.4 Å². The first-order valence-corrected chi connectivity index (χ1v) is 6.86. The Hall–Kier alpha value is -2.37. The molecule has 1 fully saturated rings. The van der Waals surface area contributed by atoms with Crippen LogP contribution in [0.2, 0.25) is 0 Å². The Balaban J connectivity index is 1.90. The lowest BCUT2D eigenvalue weighted by Crippen LogP contribution is -2.45. The first-order valence-electron chi connectivity index (χ1n) is 6.86. The van der Waals surface area contributed by atoms with Gasteiger partial charge in [0, 0.05) is 12.1 Å². The summed E-state index contributed by atoms with van der Waals surface area (Å²) in [6, 6.07) is 6.24. The Bertz CT molecular complexity index is 553. The molecular weight excluding hydrogens is 272 g/mol. The second kappa shape index (κ2) is 6.39. The van der Waals surface area contributed by atoms with Crippen LogP contribution in [0.5, 0.6) is 0 Å². The number of carbonyl (C=O) groups is 3. The van der Waals surface area contributed by atoms with Gasteiger partial charge in [0.15, 0.2) is 0 Å². The highest BCUT2D eigenvalue weighted by Gasteiger charge is 2.33. The first-order chi connectivity index (χ1) is 9.99. The molecule has 0 aliphatic carbocycles. The summed E-state index contributed by atoms with van der Waals surface area (Å²) in [4.78, 5) is 36.2. The van der Waals surface area contributed by atoms with Crippen LogP contribution in [0.4, 0.5) is 0 Å². The Labute approximate surface area is 122 Å². The average molecular weight is 290 g/mol. The largest absolute Gasteiger partial charge is 0.480 e. The molecule has 1 aromatic carbocycles. The predicted molar refractivity (Wildman–Crippen MR) is 75.9 cm³/mol. The van der Waals surface area contributed by atoms with E-state index in [2.05, 4.69) is 5.32 Å². The minimum absolute atomic E-state index is 0.184. The number of hydrogen-bond donors (Lipinski definition) is 2. The first kappa shape index (κ1) is 15.0. The molecule has 0 radical (unpaired) electrons. The molecule has 2 N–H and O–H groups in total. The highest BCUT2D eigenvalue weighted by Crippen LogP contribution is 2.17. The molecule has 1 aliphatic heterocycles. The molecule has 0 saturated carbocycles. The quantitative estimate of drug-likeness (QED) is 0.858. The molecule has 6 heteroatoms. The van der Waals surface area contributed by atoms with Crippen LogP contribution >= 0.6 is 0 Å². The Morgan fingerprint density at radius 1 is 1.29 bits per heavy atom. The van der Waals surface area contributed by atoms with Gasteiger partial charge in [-0.1, -0.05) is 17.7 Å². The molecule has 1 heterocycles. The van der Waals surface area contributed by atoms with Crippen LogP contribution in [-0.4, -0.2) is 46.9 Å². The Kier molecular flexibility index (Phi) is 4.57. The number of amides is 2. The van der Waals surface area contributed by atoms with Crippen molar-refractivity contribution in [3.8, 4) is 0 Å². The van der Waals surface area contributed by atoms with Gasteiger partial charge < -0.3 is 15.3 Å². The summed E-state index contributed by atoms with van der Waals surface area (Å²) in [5.74, 6) is -1.69. The summed E-state index contributed by atoms with van der Waals surface area (Å²) < 4.78 is 0. The number of rotatable bonds is 4. The average Bonchev–Trinajstić information content (AvgIpc) is 2.95. The molecule has 0 bridgehead atoms. The molecule has 0 aromatic heterocycles. The molecule has 6 nitrogen and oxygen atoms in total. The molecule has 2 rings (SSSR count). The number of benzene rings is 1. The smallest absolute Gasteiger partial charge is 0.326 e. The van der Waals surface area contributed by atoms with E-state index < -0.39 is 12.0 Å². The van der Waals surface area contributed by atoms with Gasteiger partial charge in [-0.15, -0.1) is 0 Å². The lowest BCUT2D eigenvalue weighted by molar-refractivity contribution is -0.147. The zero-order valence-corrected chi connectivity index (χ0v) is 11.8. The van der Waals surface area contributed by atoms with Gasteiger partial charge in [-0.25, -0.2) is 4.79 Å². The number of carbonyl (C=O) groups excluding carboxylic acids is 2. The van der Waals surface area contributed by atoms with Crippen molar-refractivity contribution >= 4 is 17.8 Å². The van der Waals surface area contributed by atoms with Crippen LogP contribution in [-0.2, 0) is 9.59 Å². The van der Waals surface area contributed by atoms with E-state index in [0.717, 1.165) is 5.56 Å². The van der Waals surface area contributed by atoms with Crippen molar-refractivity contribution in [2.75, 3.05) is 13.1 Å². The molecule has 112 valence electrons. The second-order valence-electron chi connectivity index (χ2n) is 5.13. The summed E-state index contributed by atoms with van der Waals surface area (Å²) in [7, 11) is 0. The summed E-state index contributed by atoms with van der Waals surface area (Å²) in [6.07, 6.45) is 1.14. The van der Waals surface area contributed by atoms with Crippen molar-refractivity contribution < 1.29 is 19.5 Å². The monoisotopic (exact) mass is 290 g/mol. The van der Waals surface area contributed by atoms with Gasteiger partial charge >= 0.3 is 5.97 Å². The number of nitrogens with one attached hydrogen (secondary N) is 1. The second-order valence-corrected chi connectivity index (χ2v) is 5.13. The number of carboxylic acid groups (broad SMARTS) is 1. The fourth-order valence-corrected chi connectivity index (χ4v) is 2.39. The highest BCUT2D eigenvalue weighted by molar-refractivity contribution is 5.97. The predicted octanol–water partition coefficient (Wildman–Crippen LogP) is 0.800. The maximum absolute atomic E-state index is 12.0. The van der Waals surface area contributed by atoms with Gasteiger partial charge in [-0.05, 0) is 31.9 Å².